The lowest BCUT2D eigenvalue weighted by molar-refractivity contribution is -0.123. The second-order valence-electron chi connectivity index (χ2n) is 6.85. The first-order valence-corrected chi connectivity index (χ1v) is 9.77. The van der Waals surface area contributed by atoms with Gasteiger partial charge in [-0.2, -0.15) is 5.10 Å². The van der Waals surface area contributed by atoms with E-state index in [0.29, 0.717) is 11.3 Å². The molecule has 0 unspecified atom stereocenters. The van der Waals surface area contributed by atoms with Crippen LogP contribution in [0.1, 0.15) is 11.4 Å². The van der Waals surface area contributed by atoms with Crippen molar-refractivity contribution in [1.29, 1.82) is 0 Å². The van der Waals surface area contributed by atoms with E-state index < -0.39 is 0 Å². The molecule has 2 aromatic carbocycles. The molecule has 0 aliphatic heterocycles. The minimum atomic E-state index is -0.358. The van der Waals surface area contributed by atoms with Crippen LogP contribution in [0, 0.1) is 6.92 Å². The second-order valence-corrected chi connectivity index (χ2v) is 6.85. The van der Waals surface area contributed by atoms with Crippen LogP contribution >= 0.6 is 0 Å². The molecule has 0 saturated heterocycles. The molecule has 7 heteroatoms. The van der Waals surface area contributed by atoms with Gasteiger partial charge in [-0.15, -0.1) is 0 Å². The van der Waals surface area contributed by atoms with Crippen LogP contribution in [-0.4, -0.2) is 35.4 Å². The summed E-state index contributed by atoms with van der Waals surface area (Å²) in [4.78, 5) is 16.5. The molecule has 0 bridgehead atoms. The average molecular weight is 414 g/mol. The molecular formula is C24H22N4O3. The Morgan fingerprint density at radius 1 is 1.10 bits per heavy atom. The normalized spacial score (nSPS) is 11.0. The predicted octanol–water partition coefficient (Wildman–Crippen LogP) is 3.87. The maximum Gasteiger partial charge on any atom is 0.277 e. The number of carbonyl (C=O) groups is 1. The molecule has 0 spiro atoms. The maximum absolute atomic E-state index is 12.2. The quantitative estimate of drug-likeness (QED) is 0.368. The fraction of sp³-hybridized carbons (Fsp3) is 0.125. The number of carbonyl (C=O) groups excluding carboxylic acids is 1. The van der Waals surface area contributed by atoms with Crippen LogP contribution < -0.4 is 14.9 Å². The third kappa shape index (κ3) is 4.56. The molecule has 0 saturated carbocycles. The molecule has 1 amide bonds. The first-order chi connectivity index (χ1) is 15.2. The van der Waals surface area contributed by atoms with Crippen LogP contribution in [0.5, 0.6) is 11.5 Å². The Morgan fingerprint density at radius 2 is 1.90 bits per heavy atom. The number of ether oxygens (including phenoxy) is 2. The van der Waals surface area contributed by atoms with Crippen LogP contribution in [0.15, 0.2) is 78.0 Å². The molecule has 0 atom stereocenters. The monoisotopic (exact) mass is 414 g/mol. The number of benzene rings is 2. The number of amides is 1. The molecule has 4 aromatic rings. The number of aryl methyl sites for hydroxylation is 1. The number of pyridine rings is 1. The molecule has 0 radical (unpaired) electrons. The van der Waals surface area contributed by atoms with E-state index in [1.54, 1.807) is 25.6 Å². The number of nitrogens with one attached hydrogen (secondary N) is 1. The highest BCUT2D eigenvalue weighted by Gasteiger charge is 2.08. The van der Waals surface area contributed by atoms with Crippen molar-refractivity contribution >= 4 is 23.0 Å². The lowest BCUT2D eigenvalue weighted by Gasteiger charge is -2.10. The number of methoxy groups -OCH3 is 1. The van der Waals surface area contributed by atoms with Crippen molar-refractivity contribution in [3.63, 3.8) is 0 Å². The van der Waals surface area contributed by atoms with Gasteiger partial charge in [-0.25, -0.2) is 5.43 Å². The highest BCUT2D eigenvalue weighted by molar-refractivity contribution is 5.85. The highest BCUT2D eigenvalue weighted by atomic mass is 16.5. The van der Waals surface area contributed by atoms with Gasteiger partial charge < -0.3 is 14.0 Å². The first-order valence-electron chi connectivity index (χ1n) is 9.77. The largest absolute Gasteiger partial charge is 0.497 e. The van der Waals surface area contributed by atoms with Crippen molar-refractivity contribution in [2.24, 2.45) is 5.10 Å². The number of rotatable bonds is 7. The molecule has 0 fully saturated rings. The molecule has 2 aromatic heterocycles. The number of hydrazone groups is 1. The van der Waals surface area contributed by atoms with E-state index in [1.165, 1.54) is 0 Å². The van der Waals surface area contributed by atoms with Crippen molar-refractivity contribution in [2.75, 3.05) is 13.7 Å². The summed E-state index contributed by atoms with van der Waals surface area (Å²) in [5.74, 6) is 0.988. The Balaban J connectivity index is 1.40. The highest BCUT2D eigenvalue weighted by Crippen LogP contribution is 2.23. The molecular weight excluding hydrogens is 392 g/mol. The minimum absolute atomic E-state index is 0.161. The minimum Gasteiger partial charge on any atom is -0.497 e. The Kier molecular flexibility index (Phi) is 5.93. The van der Waals surface area contributed by atoms with Crippen molar-refractivity contribution in [1.82, 2.24) is 15.0 Å². The van der Waals surface area contributed by atoms with Crippen LogP contribution in [0.25, 0.3) is 16.6 Å². The van der Waals surface area contributed by atoms with Crippen molar-refractivity contribution < 1.29 is 14.3 Å². The van der Waals surface area contributed by atoms with Crippen LogP contribution in [0.3, 0.4) is 0 Å². The maximum atomic E-state index is 12.2. The van der Waals surface area contributed by atoms with E-state index >= 15 is 0 Å². The summed E-state index contributed by atoms with van der Waals surface area (Å²) in [5.41, 5.74) is 6.08. The summed E-state index contributed by atoms with van der Waals surface area (Å²) in [6.45, 7) is 1.84. The summed E-state index contributed by atoms with van der Waals surface area (Å²) in [5, 5.41) is 5.04. The number of para-hydroxylation sites is 1. The SMILES string of the molecule is COc1ccc(-n2c(C)ccc2/C=N/NC(=O)COc2cccc3cccnc23)cc1. The molecule has 2 heterocycles. The molecule has 7 nitrogen and oxygen atoms in total. The van der Waals surface area contributed by atoms with E-state index in [-0.39, 0.29) is 12.5 Å². The fourth-order valence-electron chi connectivity index (χ4n) is 3.28. The van der Waals surface area contributed by atoms with E-state index in [4.69, 9.17) is 9.47 Å². The third-order valence-corrected chi connectivity index (χ3v) is 4.78. The number of fused-ring (bicyclic) bond motifs is 1. The van der Waals surface area contributed by atoms with Gasteiger partial charge in [0.1, 0.15) is 17.0 Å². The molecule has 156 valence electrons. The Morgan fingerprint density at radius 3 is 2.71 bits per heavy atom. The molecule has 0 aliphatic rings. The number of hydrogen-bond acceptors (Lipinski definition) is 5. The topological polar surface area (TPSA) is 77.7 Å². The Labute approximate surface area is 179 Å². The molecule has 4 rings (SSSR count). The third-order valence-electron chi connectivity index (χ3n) is 4.78. The van der Waals surface area contributed by atoms with Crippen LogP contribution in [-0.2, 0) is 4.79 Å². The van der Waals surface area contributed by atoms with Gasteiger partial charge in [0.15, 0.2) is 6.61 Å². The zero-order valence-corrected chi connectivity index (χ0v) is 17.3. The van der Waals surface area contributed by atoms with Crippen molar-refractivity contribution in [3.05, 3.63) is 84.3 Å². The van der Waals surface area contributed by atoms with Gasteiger partial charge in [0, 0.05) is 23.0 Å². The van der Waals surface area contributed by atoms with E-state index in [1.807, 2.05) is 72.2 Å². The van der Waals surface area contributed by atoms with Gasteiger partial charge in [-0.3, -0.25) is 9.78 Å². The number of nitrogens with zero attached hydrogens (tertiary/aromatic N) is 3. The van der Waals surface area contributed by atoms with Gasteiger partial charge >= 0.3 is 0 Å². The zero-order chi connectivity index (χ0) is 21.6. The lowest BCUT2D eigenvalue weighted by atomic mass is 10.2. The lowest BCUT2D eigenvalue weighted by Crippen LogP contribution is -2.24. The van der Waals surface area contributed by atoms with Crippen molar-refractivity contribution in [2.45, 2.75) is 6.92 Å². The predicted molar refractivity (Wildman–Crippen MR) is 120 cm³/mol. The number of hydrogen-bond donors (Lipinski definition) is 1. The standard InChI is InChI=1S/C24H22N4O3/c1-17-8-9-20(28(17)19-10-12-21(30-2)13-11-19)15-26-27-23(29)16-31-22-7-3-5-18-6-4-14-25-24(18)22/h3-15H,16H2,1-2H3,(H,27,29)/b26-15+. The zero-order valence-electron chi connectivity index (χ0n) is 17.3. The first kappa shape index (κ1) is 20.2. The van der Waals surface area contributed by atoms with Crippen LogP contribution in [0.4, 0.5) is 0 Å². The smallest absolute Gasteiger partial charge is 0.277 e. The van der Waals surface area contributed by atoms with Gasteiger partial charge in [0.25, 0.3) is 5.91 Å². The Hall–Kier alpha value is -4.13. The Bertz CT molecular complexity index is 1220. The van der Waals surface area contributed by atoms with E-state index in [2.05, 4.69) is 15.5 Å². The average Bonchev–Trinajstić information content (AvgIpc) is 3.17. The molecule has 31 heavy (non-hydrogen) atoms. The molecule has 1 N–H and O–H groups in total. The number of aromatic nitrogens is 2. The van der Waals surface area contributed by atoms with Gasteiger partial charge in [0.05, 0.1) is 19.0 Å². The molecule has 0 aliphatic carbocycles. The fourth-order valence-corrected chi connectivity index (χ4v) is 3.28. The summed E-state index contributed by atoms with van der Waals surface area (Å²) < 4.78 is 12.9. The van der Waals surface area contributed by atoms with Crippen molar-refractivity contribution in [3.8, 4) is 17.2 Å². The van der Waals surface area contributed by atoms with E-state index in [0.717, 1.165) is 28.2 Å². The van der Waals surface area contributed by atoms with Crippen LogP contribution in [0.2, 0.25) is 0 Å². The van der Waals surface area contributed by atoms with Gasteiger partial charge in [-0.05, 0) is 55.5 Å². The summed E-state index contributed by atoms with van der Waals surface area (Å²) in [7, 11) is 1.64. The second kappa shape index (κ2) is 9.13. The van der Waals surface area contributed by atoms with Gasteiger partial charge in [-0.1, -0.05) is 18.2 Å². The summed E-state index contributed by atoms with van der Waals surface area (Å²) in [6, 6.07) is 21.1. The summed E-state index contributed by atoms with van der Waals surface area (Å²) >= 11 is 0. The van der Waals surface area contributed by atoms with E-state index in [9.17, 15) is 4.79 Å². The summed E-state index contributed by atoms with van der Waals surface area (Å²) in [6.07, 6.45) is 3.30. The van der Waals surface area contributed by atoms with Gasteiger partial charge in [0.2, 0.25) is 0 Å².